The molecule has 1 atom stereocenters. The second-order valence-electron chi connectivity index (χ2n) is 6.56. The van der Waals surface area contributed by atoms with Gasteiger partial charge in [-0.25, -0.2) is 13.4 Å². The predicted molar refractivity (Wildman–Crippen MR) is 94.0 cm³/mol. The molecule has 2 aliphatic heterocycles. The lowest BCUT2D eigenvalue weighted by atomic mass is 10.1. The summed E-state index contributed by atoms with van der Waals surface area (Å²) in [5.74, 6) is 0. The Morgan fingerprint density at radius 1 is 1.28 bits per heavy atom. The fourth-order valence-electron chi connectivity index (χ4n) is 3.60. The Labute approximate surface area is 151 Å². The van der Waals surface area contributed by atoms with E-state index in [-0.39, 0.29) is 17.0 Å². The van der Waals surface area contributed by atoms with Crippen LogP contribution in [0.25, 0.3) is 0 Å². The molecule has 0 saturated carbocycles. The van der Waals surface area contributed by atoms with E-state index in [0.29, 0.717) is 19.8 Å². The highest BCUT2D eigenvalue weighted by molar-refractivity contribution is 7.89. The van der Waals surface area contributed by atoms with Crippen molar-refractivity contribution < 1.29 is 13.2 Å². The molecule has 2 fully saturated rings. The molecule has 0 aliphatic carbocycles. The van der Waals surface area contributed by atoms with Crippen molar-refractivity contribution in [2.45, 2.75) is 49.6 Å². The Hall–Kier alpha value is -1.29. The van der Waals surface area contributed by atoms with Gasteiger partial charge in [0, 0.05) is 31.3 Å². The first kappa shape index (κ1) is 17.1. The van der Waals surface area contributed by atoms with Crippen LogP contribution in [0, 0.1) is 6.92 Å². The second kappa shape index (κ2) is 6.79. The third kappa shape index (κ3) is 3.25. The largest absolute Gasteiger partial charge is 0.381 e. The molecule has 9 heteroatoms. The second-order valence-corrected chi connectivity index (χ2v) is 9.52. The minimum atomic E-state index is -3.56. The van der Waals surface area contributed by atoms with Crippen molar-refractivity contribution in [3.63, 3.8) is 0 Å². The van der Waals surface area contributed by atoms with E-state index >= 15 is 0 Å². The monoisotopic (exact) mass is 382 g/mol. The molecule has 0 radical (unpaired) electrons. The third-order valence-electron chi connectivity index (χ3n) is 4.93. The first-order valence-corrected chi connectivity index (χ1v) is 10.9. The van der Waals surface area contributed by atoms with Gasteiger partial charge >= 0.3 is 0 Å². The van der Waals surface area contributed by atoms with E-state index in [0.717, 1.165) is 36.4 Å². The van der Waals surface area contributed by atoms with E-state index in [4.69, 9.17) is 4.74 Å². The van der Waals surface area contributed by atoms with Gasteiger partial charge in [0.2, 0.25) is 10.0 Å². The maximum Gasteiger partial charge on any atom is 0.246 e. The number of sulfonamides is 1. The third-order valence-corrected chi connectivity index (χ3v) is 7.58. The maximum absolute atomic E-state index is 13.1. The van der Waals surface area contributed by atoms with Crippen molar-refractivity contribution in [1.29, 1.82) is 0 Å². The van der Waals surface area contributed by atoms with Crippen LogP contribution in [0.2, 0.25) is 0 Å². The van der Waals surface area contributed by atoms with Crippen LogP contribution in [0.15, 0.2) is 22.7 Å². The van der Waals surface area contributed by atoms with E-state index in [1.54, 1.807) is 26.5 Å². The first-order valence-electron chi connectivity index (χ1n) is 8.61. The average molecular weight is 383 g/mol. The summed E-state index contributed by atoms with van der Waals surface area (Å²) in [6.45, 7) is 3.87. The number of rotatable bonds is 4. The van der Waals surface area contributed by atoms with E-state index in [2.05, 4.69) is 10.1 Å². The lowest BCUT2D eigenvalue weighted by Gasteiger charge is -2.23. The summed E-state index contributed by atoms with van der Waals surface area (Å²) < 4.78 is 35.0. The zero-order valence-electron chi connectivity index (χ0n) is 14.2. The minimum absolute atomic E-state index is 0.165. The highest BCUT2D eigenvalue weighted by Gasteiger charge is 2.38. The molecular formula is C16H22N4O3S2. The quantitative estimate of drug-likeness (QED) is 0.812. The van der Waals surface area contributed by atoms with E-state index in [1.807, 2.05) is 12.3 Å². The molecule has 2 saturated heterocycles. The van der Waals surface area contributed by atoms with Crippen LogP contribution < -0.4 is 0 Å². The number of ether oxygens (including phenoxy) is 1. The number of hydrogen-bond donors (Lipinski definition) is 0. The summed E-state index contributed by atoms with van der Waals surface area (Å²) in [7, 11) is -3.56. The molecule has 4 heterocycles. The highest BCUT2D eigenvalue weighted by Crippen LogP contribution is 2.37. The van der Waals surface area contributed by atoms with Crippen molar-refractivity contribution in [3.8, 4) is 0 Å². The van der Waals surface area contributed by atoms with Crippen LogP contribution in [0.4, 0.5) is 0 Å². The molecule has 0 aromatic carbocycles. The number of nitrogens with zero attached hydrogens (tertiary/aromatic N) is 4. The Morgan fingerprint density at radius 3 is 2.80 bits per heavy atom. The summed E-state index contributed by atoms with van der Waals surface area (Å²) in [6.07, 6.45) is 6.56. The lowest BCUT2D eigenvalue weighted by Crippen LogP contribution is -2.30. The smallest absolute Gasteiger partial charge is 0.246 e. The van der Waals surface area contributed by atoms with Gasteiger partial charge in [0.25, 0.3) is 0 Å². The number of thiazole rings is 1. The van der Waals surface area contributed by atoms with Gasteiger partial charge in [-0.1, -0.05) is 0 Å². The van der Waals surface area contributed by atoms with Crippen molar-refractivity contribution in [1.82, 2.24) is 19.1 Å². The first-order chi connectivity index (χ1) is 12.1. The van der Waals surface area contributed by atoms with Crippen LogP contribution in [0.5, 0.6) is 0 Å². The topological polar surface area (TPSA) is 77.3 Å². The van der Waals surface area contributed by atoms with Crippen molar-refractivity contribution in [2.24, 2.45) is 0 Å². The molecule has 136 valence electrons. The van der Waals surface area contributed by atoms with Gasteiger partial charge in [0.15, 0.2) is 0 Å². The summed E-state index contributed by atoms with van der Waals surface area (Å²) in [6, 6.07) is 0.0506. The molecule has 2 aromatic heterocycles. The maximum atomic E-state index is 13.1. The molecule has 0 unspecified atom stereocenters. The molecule has 2 aliphatic rings. The number of aromatic nitrogens is 3. The van der Waals surface area contributed by atoms with Gasteiger partial charge in [0.05, 0.1) is 29.0 Å². The number of aryl methyl sites for hydroxylation is 1. The van der Waals surface area contributed by atoms with E-state index in [1.165, 1.54) is 6.20 Å². The number of hydrogen-bond acceptors (Lipinski definition) is 6. The molecule has 0 N–H and O–H groups in total. The van der Waals surface area contributed by atoms with Crippen LogP contribution in [0.3, 0.4) is 0 Å². The molecular weight excluding hydrogens is 360 g/mol. The fraction of sp³-hybridized carbons (Fsp3) is 0.625. The molecule has 7 nitrogen and oxygen atoms in total. The molecule has 25 heavy (non-hydrogen) atoms. The predicted octanol–water partition coefficient (Wildman–Crippen LogP) is 2.53. The van der Waals surface area contributed by atoms with Gasteiger partial charge in [-0.3, -0.25) is 4.68 Å². The van der Waals surface area contributed by atoms with Crippen molar-refractivity contribution in [3.05, 3.63) is 28.5 Å². The zero-order valence-corrected chi connectivity index (χ0v) is 15.8. The Balaban J connectivity index is 1.59. The summed E-state index contributed by atoms with van der Waals surface area (Å²) in [5.41, 5.74) is 0.861. The van der Waals surface area contributed by atoms with Crippen molar-refractivity contribution in [2.75, 3.05) is 19.8 Å². The molecule has 2 aromatic rings. The summed E-state index contributed by atoms with van der Waals surface area (Å²) in [4.78, 5) is 4.78. The summed E-state index contributed by atoms with van der Waals surface area (Å²) >= 11 is 1.56. The Bertz CT molecular complexity index is 839. The SMILES string of the molecule is Cc1nc([C@H]2CCCN2S(=O)(=O)c2cnn(C3CCOCC3)c2)cs1. The van der Waals surface area contributed by atoms with Crippen LogP contribution >= 0.6 is 11.3 Å². The van der Waals surface area contributed by atoms with Crippen molar-refractivity contribution >= 4 is 21.4 Å². The van der Waals surface area contributed by atoms with E-state index < -0.39 is 10.0 Å². The minimum Gasteiger partial charge on any atom is -0.381 e. The molecule has 0 amide bonds. The highest BCUT2D eigenvalue weighted by atomic mass is 32.2. The van der Waals surface area contributed by atoms with E-state index in [9.17, 15) is 8.42 Å². The Morgan fingerprint density at radius 2 is 2.08 bits per heavy atom. The van der Waals surface area contributed by atoms with Gasteiger partial charge in [-0.15, -0.1) is 11.3 Å². The fourth-order valence-corrected chi connectivity index (χ4v) is 5.86. The summed E-state index contributed by atoms with van der Waals surface area (Å²) in [5, 5.41) is 7.26. The molecule has 0 bridgehead atoms. The standard InChI is InChI=1S/C16H22N4O3S2/c1-12-18-15(11-24-12)16-3-2-6-20(16)25(21,22)14-9-17-19(10-14)13-4-7-23-8-5-13/h9-11,13,16H,2-8H2,1H3/t16-/m1/s1. The van der Waals surface area contributed by atoms with Crippen LogP contribution in [-0.4, -0.2) is 47.2 Å². The zero-order chi connectivity index (χ0) is 17.4. The molecule has 0 spiro atoms. The average Bonchev–Trinajstić information content (AvgIpc) is 3.35. The lowest BCUT2D eigenvalue weighted by molar-refractivity contribution is 0.0662. The van der Waals surface area contributed by atoms with Gasteiger partial charge in [-0.05, 0) is 32.6 Å². The van der Waals surface area contributed by atoms with Gasteiger partial charge < -0.3 is 4.74 Å². The van der Waals surface area contributed by atoms with Gasteiger partial charge in [-0.2, -0.15) is 9.40 Å². The van der Waals surface area contributed by atoms with Gasteiger partial charge in [0.1, 0.15) is 4.90 Å². The molecule has 4 rings (SSSR count). The normalized spacial score (nSPS) is 23.3. The van der Waals surface area contributed by atoms with Crippen LogP contribution in [-0.2, 0) is 14.8 Å². The van der Waals surface area contributed by atoms with Crippen LogP contribution in [0.1, 0.15) is 48.5 Å². The Kier molecular flexibility index (Phi) is 4.65.